The maximum atomic E-state index is 13.3. The zero-order valence-corrected chi connectivity index (χ0v) is 29.5. The van der Waals surface area contributed by atoms with Crippen LogP contribution < -0.4 is 4.90 Å². The van der Waals surface area contributed by atoms with Gasteiger partial charge in [-0.15, -0.1) is 15.0 Å². The van der Waals surface area contributed by atoms with E-state index in [1.165, 1.54) is 5.56 Å². The number of benzene rings is 5. The molecule has 256 valence electrons. The van der Waals surface area contributed by atoms with Gasteiger partial charge in [-0.25, -0.2) is 0 Å². The molecule has 1 aliphatic rings. The average molecular weight is 681 g/mol. The van der Waals surface area contributed by atoms with Gasteiger partial charge in [-0.3, -0.25) is 9.78 Å². The van der Waals surface area contributed by atoms with Crippen molar-refractivity contribution in [1.29, 1.82) is 0 Å². The third-order valence-corrected chi connectivity index (χ3v) is 10.2. The van der Waals surface area contributed by atoms with Crippen LogP contribution in [-0.2, 0) is 36.1 Å². The fourth-order valence-electron chi connectivity index (χ4n) is 7.58. The summed E-state index contributed by atoms with van der Waals surface area (Å²) in [5.74, 6) is 0.693. The van der Waals surface area contributed by atoms with E-state index in [1.54, 1.807) is 4.80 Å². The van der Waals surface area contributed by atoms with Crippen LogP contribution in [0.25, 0.3) is 22.5 Å². The van der Waals surface area contributed by atoms with Crippen LogP contribution in [0.1, 0.15) is 59.5 Å². The normalized spacial score (nSPS) is 12.9. The number of hydrogen-bond acceptors (Lipinski definition) is 5. The summed E-state index contributed by atoms with van der Waals surface area (Å²) in [7, 11) is 0. The molecule has 7 aromatic rings. The van der Waals surface area contributed by atoms with E-state index in [-0.39, 0.29) is 5.91 Å². The molecule has 8 rings (SSSR count). The number of aryl methyl sites for hydroxylation is 2. The minimum Gasteiger partial charge on any atom is -0.308 e. The molecule has 1 amide bonds. The molecule has 0 radical (unpaired) electrons. The number of tetrazole rings is 1. The summed E-state index contributed by atoms with van der Waals surface area (Å²) < 4.78 is 0. The van der Waals surface area contributed by atoms with Crippen molar-refractivity contribution in [3.8, 4) is 22.5 Å². The Balaban J connectivity index is 1.16. The van der Waals surface area contributed by atoms with Crippen LogP contribution in [0.15, 0.2) is 146 Å². The molecule has 5 aromatic carbocycles. The molecule has 3 heterocycles. The monoisotopic (exact) mass is 680 g/mol. The molecular formula is C45H40N6O. The topological polar surface area (TPSA) is 76.8 Å². The Hall–Kier alpha value is -6.21. The number of hydrogen-bond donors (Lipinski definition) is 0. The predicted molar refractivity (Wildman–Crippen MR) is 206 cm³/mol. The molecule has 0 N–H and O–H groups in total. The Labute approximate surface area is 304 Å². The van der Waals surface area contributed by atoms with Crippen molar-refractivity contribution in [2.45, 2.75) is 51.6 Å². The predicted octanol–water partition coefficient (Wildman–Crippen LogP) is 8.85. The second-order valence-electron chi connectivity index (χ2n) is 13.2. The minimum atomic E-state index is -0.859. The first kappa shape index (κ1) is 33.0. The van der Waals surface area contributed by atoms with Crippen molar-refractivity contribution in [2.75, 3.05) is 4.90 Å². The Morgan fingerprint density at radius 1 is 0.654 bits per heavy atom. The van der Waals surface area contributed by atoms with Gasteiger partial charge in [-0.05, 0) is 69.5 Å². The van der Waals surface area contributed by atoms with E-state index < -0.39 is 5.54 Å². The molecule has 0 saturated carbocycles. The molecule has 52 heavy (non-hydrogen) atoms. The van der Waals surface area contributed by atoms with Crippen molar-refractivity contribution < 1.29 is 4.79 Å². The molecule has 2 aromatic heterocycles. The standard InChI is InChI=1S/C45H40N6O/c1-3-37-30-42-40(41(4-2)46-37)28-29-43(52)50(42)31-32-24-26-33(27-25-32)38-22-14-15-23-39(38)44-47-49-51(48-44)45(34-16-8-5-9-17-34,35-18-10-6-11-19-35)36-20-12-7-13-21-36/h5-27,30H,3-4,28-29,31H2,1-2H3. The number of fused-ring (bicyclic) bond motifs is 1. The second kappa shape index (κ2) is 14.2. The third-order valence-electron chi connectivity index (χ3n) is 10.2. The second-order valence-corrected chi connectivity index (χ2v) is 13.2. The first-order valence-corrected chi connectivity index (χ1v) is 18.1. The van der Waals surface area contributed by atoms with Crippen LogP contribution in [0.3, 0.4) is 0 Å². The summed E-state index contributed by atoms with van der Waals surface area (Å²) in [5.41, 5.74) is 10.6. The SMILES string of the molecule is CCc1cc2c(c(CC)n1)CCC(=O)N2Cc1ccc(-c2ccccc2-c2nnn(C(c3ccccc3)(c3ccccc3)c3ccccc3)n2)cc1. The van der Waals surface area contributed by atoms with Crippen LogP contribution in [0.5, 0.6) is 0 Å². The fraction of sp³-hybridized carbons (Fsp3) is 0.178. The smallest absolute Gasteiger partial charge is 0.227 e. The molecule has 7 heteroatoms. The van der Waals surface area contributed by atoms with Crippen molar-refractivity contribution in [2.24, 2.45) is 0 Å². The van der Waals surface area contributed by atoms with Gasteiger partial charge in [-0.1, -0.05) is 153 Å². The lowest BCUT2D eigenvalue weighted by atomic mass is 9.77. The highest BCUT2D eigenvalue weighted by Crippen LogP contribution is 2.40. The van der Waals surface area contributed by atoms with E-state index in [4.69, 9.17) is 20.4 Å². The van der Waals surface area contributed by atoms with Gasteiger partial charge in [0.1, 0.15) is 0 Å². The van der Waals surface area contributed by atoms with E-state index in [0.717, 1.165) is 75.3 Å². The van der Waals surface area contributed by atoms with Crippen molar-refractivity contribution in [1.82, 2.24) is 25.2 Å². The number of rotatable bonds is 10. The Morgan fingerprint density at radius 2 is 1.23 bits per heavy atom. The zero-order chi connectivity index (χ0) is 35.5. The molecule has 0 bridgehead atoms. The van der Waals surface area contributed by atoms with Crippen molar-refractivity contribution >= 4 is 11.6 Å². The highest BCUT2D eigenvalue weighted by atomic mass is 16.2. The molecule has 0 spiro atoms. The van der Waals surface area contributed by atoms with E-state index in [9.17, 15) is 4.79 Å². The number of nitrogens with zero attached hydrogens (tertiary/aromatic N) is 6. The number of amides is 1. The number of carbonyl (C=O) groups is 1. The summed E-state index contributed by atoms with van der Waals surface area (Å²) in [6.07, 6.45) is 2.96. The number of pyridine rings is 1. The largest absolute Gasteiger partial charge is 0.308 e. The van der Waals surface area contributed by atoms with Crippen LogP contribution in [-0.4, -0.2) is 31.1 Å². The molecule has 0 aliphatic carbocycles. The first-order valence-electron chi connectivity index (χ1n) is 18.1. The van der Waals surface area contributed by atoms with Crippen LogP contribution >= 0.6 is 0 Å². The van der Waals surface area contributed by atoms with Crippen molar-refractivity contribution in [3.05, 3.63) is 185 Å². The molecule has 1 aliphatic heterocycles. The summed E-state index contributed by atoms with van der Waals surface area (Å²) in [6, 6.07) is 49.9. The van der Waals surface area contributed by atoms with Gasteiger partial charge in [0.05, 0.1) is 12.2 Å². The lowest BCUT2D eigenvalue weighted by Crippen LogP contribution is -2.39. The Morgan fingerprint density at radius 3 is 1.81 bits per heavy atom. The maximum absolute atomic E-state index is 13.3. The van der Waals surface area contributed by atoms with Gasteiger partial charge < -0.3 is 4.90 Å². The average Bonchev–Trinajstić information content (AvgIpc) is 3.71. The molecule has 7 nitrogen and oxygen atoms in total. The molecular weight excluding hydrogens is 641 g/mol. The van der Waals surface area contributed by atoms with Gasteiger partial charge in [0, 0.05) is 23.4 Å². The Kier molecular flexibility index (Phi) is 9.00. The fourth-order valence-corrected chi connectivity index (χ4v) is 7.58. The van der Waals surface area contributed by atoms with Crippen LogP contribution in [0.2, 0.25) is 0 Å². The lowest BCUT2D eigenvalue weighted by molar-refractivity contribution is -0.119. The lowest BCUT2D eigenvalue weighted by Gasteiger charge is -2.34. The molecule has 0 unspecified atom stereocenters. The van der Waals surface area contributed by atoms with Gasteiger partial charge in [-0.2, -0.15) is 0 Å². The van der Waals surface area contributed by atoms with Gasteiger partial charge in [0.25, 0.3) is 0 Å². The van der Waals surface area contributed by atoms with E-state index in [1.807, 2.05) is 41.3 Å². The Bertz CT molecular complexity index is 2220. The highest BCUT2D eigenvalue weighted by Gasteiger charge is 2.41. The van der Waals surface area contributed by atoms with Gasteiger partial charge in [0.2, 0.25) is 11.7 Å². The highest BCUT2D eigenvalue weighted by molar-refractivity contribution is 5.96. The number of aromatic nitrogens is 5. The number of anilines is 1. The summed E-state index contributed by atoms with van der Waals surface area (Å²) >= 11 is 0. The van der Waals surface area contributed by atoms with E-state index >= 15 is 0 Å². The summed E-state index contributed by atoms with van der Waals surface area (Å²) in [5, 5.41) is 14.7. The van der Waals surface area contributed by atoms with Crippen LogP contribution in [0, 0.1) is 0 Å². The van der Waals surface area contributed by atoms with Gasteiger partial charge in [0.15, 0.2) is 5.54 Å². The maximum Gasteiger partial charge on any atom is 0.227 e. The zero-order valence-electron chi connectivity index (χ0n) is 29.5. The van der Waals surface area contributed by atoms with E-state index in [2.05, 4.69) is 123 Å². The molecule has 0 saturated heterocycles. The minimum absolute atomic E-state index is 0.156. The molecule has 0 atom stereocenters. The van der Waals surface area contributed by atoms with Crippen LogP contribution in [0.4, 0.5) is 5.69 Å². The third kappa shape index (κ3) is 5.88. The first-order chi connectivity index (χ1) is 25.6. The van der Waals surface area contributed by atoms with Gasteiger partial charge >= 0.3 is 0 Å². The van der Waals surface area contributed by atoms with Crippen molar-refractivity contribution in [3.63, 3.8) is 0 Å². The number of carbonyl (C=O) groups excluding carboxylic acids is 1. The summed E-state index contributed by atoms with van der Waals surface area (Å²) in [4.78, 5) is 21.9. The quantitative estimate of drug-likeness (QED) is 0.135. The summed E-state index contributed by atoms with van der Waals surface area (Å²) in [6.45, 7) is 4.77. The molecule has 0 fully saturated rings. The van der Waals surface area contributed by atoms with E-state index in [0.29, 0.717) is 18.8 Å².